The average molecular weight is 213 g/mol. The predicted molar refractivity (Wildman–Crippen MR) is 62.3 cm³/mol. The standard InChI is InChI=1S/C10H19N3S/c1-4-8(2)5-13(3)6-9-7-14-10(11)12-9/h7-8H,4-6H2,1-3H3,(H2,11,12). The fourth-order valence-corrected chi connectivity index (χ4v) is 1.95. The molecule has 0 bridgehead atoms. The minimum Gasteiger partial charge on any atom is -0.375 e. The Balaban J connectivity index is 2.37. The van der Waals surface area contributed by atoms with Gasteiger partial charge in [-0.25, -0.2) is 4.98 Å². The summed E-state index contributed by atoms with van der Waals surface area (Å²) in [5, 5.41) is 2.69. The first-order chi connectivity index (χ1) is 6.61. The van der Waals surface area contributed by atoms with E-state index in [9.17, 15) is 0 Å². The maximum atomic E-state index is 5.57. The van der Waals surface area contributed by atoms with Gasteiger partial charge in [-0.3, -0.25) is 0 Å². The van der Waals surface area contributed by atoms with Gasteiger partial charge in [-0.1, -0.05) is 20.3 Å². The molecule has 3 nitrogen and oxygen atoms in total. The number of hydrogen-bond acceptors (Lipinski definition) is 4. The Labute approximate surface area is 89.9 Å². The molecule has 1 aromatic heterocycles. The Morgan fingerprint density at radius 1 is 1.64 bits per heavy atom. The van der Waals surface area contributed by atoms with Gasteiger partial charge in [0.1, 0.15) is 0 Å². The smallest absolute Gasteiger partial charge is 0.180 e. The molecular formula is C10H19N3S. The van der Waals surface area contributed by atoms with Gasteiger partial charge in [-0.05, 0) is 13.0 Å². The summed E-state index contributed by atoms with van der Waals surface area (Å²) in [4.78, 5) is 6.53. The van der Waals surface area contributed by atoms with E-state index in [0.29, 0.717) is 5.13 Å². The van der Waals surface area contributed by atoms with Gasteiger partial charge < -0.3 is 10.6 Å². The molecule has 80 valence electrons. The van der Waals surface area contributed by atoms with Gasteiger partial charge in [0.05, 0.1) is 5.69 Å². The SMILES string of the molecule is CCC(C)CN(C)Cc1csc(N)n1. The molecule has 0 aliphatic carbocycles. The van der Waals surface area contributed by atoms with Crippen LogP contribution in [0.2, 0.25) is 0 Å². The fourth-order valence-electron chi connectivity index (χ4n) is 1.40. The molecule has 1 unspecified atom stereocenters. The predicted octanol–water partition coefficient (Wildman–Crippen LogP) is 2.20. The van der Waals surface area contributed by atoms with E-state index in [1.807, 2.05) is 5.38 Å². The van der Waals surface area contributed by atoms with Crippen LogP contribution in [0.15, 0.2) is 5.38 Å². The van der Waals surface area contributed by atoms with Crippen LogP contribution in [0, 0.1) is 5.92 Å². The molecule has 0 aliphatic heterocycles. The maximum absolute atomic E-state index is 5.57. The molecule has 1 rings (SSSR count). The zero-order chi connectivity index (χ0) is 10.6. The number of rotatable bonds is 5. The van der Waals surface area contributed by atoms with Crippen molar-refractivity contribution in [2.75, 3.05) is 19.3 Å². The van der Waals surface area contributed by atoms with E-state index in [1.165, 1.54) is 17.8 Å². The Morgan fingerprint density at radius 3 is 2.86 bits per heavy atom. The van der Waals surface area contributed by atoms with Gasteiger partial charge >= 0.3 is 0 Å². The lowest BCUT2D eigenvalue weighted by Crippen LogP contribution is -2.23. The highest BCUT2D eigenvalue weighted by molar-refractivity contribution is 7.13. The lowest BCUT2D eigenvalue weighted by molar-refractivity contribution is 0.273. The third-order valence-electron chi connectivity index (χ3n) is 2.32. The van der Waals surface area contributed by atoms with Crippen LogP contribution in [-0.4, -0.2) is 23.5 Å². The first-order valence-corrected chi connectivity index (χ1v) is 5.88. The third-order valence-corrected chi connectivity index (χ3v) is 3.04. The highest BCUT2D eigenvalue weighted by Gasteiger charge is 2.06. The van der Waals surface area contributed by atoms with E-state index in [4.69, 9.17) is 5.73 Å². The lowest BCUT2D eigenvalue weighted by Gasteiger charge is -2.19. The third kappa shape index (κ3) is 3.64. The van der Waals surface area contributed by atoms with Crippen molar-refractivity contribution >= 4 is 16.5 Å². The van der Waals surface area contributed by atoms with E-state index in [0.717, 1.165) is 24.7 Å². The van der Waals surface area contributed by atoms with Crippen LogP contribution < -0.4 is 5.73 Å². The highest BCUT2D eigenvalue weighted by atomic mass is 32.1. The molecule has 0 spiro atoms. The number of hydrogen-bond donors (Lipinski definition) is 1. The second kappa shape index (κ2) is 5.32. The molecule has 0 radical (unpaired) electrons. The number of anilines is 1. The minimum atomic E-state index is 0.664. The molecule has 0 saturated carbocycles. The number of aromatic nitrogens is 1. The fraction of sp³-hybridized carbons (Fsp3) is 0.700. The summed E-state index contributed by atoms with van der Waals surface area (Å²) < 4.78 is 0. The van der Waals surface area contributed by atoms with Crippen LogP contribution in [-0.2, 0) is 6.54 Å². The lowest BCUT2D eigenvalue weighted by atomic mass is 10.1. The largest absolute Gasteiger partial charge is 0.375 e. The van der Waals surface area contributed by atoms with Crippen LogP contribution in [0.4, 0.5) is 5.13 Å². The molecule has 0 amide bonds. The maximum Gasteiger partial charge on any atom is 0.180 e. The first kappa shape index (κ1) is 11.5. The second-order valence-electron chi connectivity index (χ2n) is 3.89. The van der Waals surface area contributed by atoms with Gasteiger partial charge in [0.25, 0.3) is 0 Å². The highest BCUT2D eigenvalue weighted by Crippen LogP contribution is 2.13. The summed E-state index contributed by atoms with van der Waals surface area (Å²) in [5.74, 6) is 0.746. The molecule has 14 heavy (non-hydrogen) atoms. The Morgan fingerprint density at radius 2 is 2.36 bits per heavy atom. The number of thiazole rings is 1. The van der Waals surface area contributed by atoms with Crippen LogP contribution in [0.3, 0.4) is 0 Å². The normalized spacial score (nSPS) is 13.4. The van der Waals surface area contributed by atoms with Crippen molar-refractivity contribution in [3.05, 3.63) is 11.1 Å². The summed E-state index contributed by atoms with van der Waals surface area (Å²) in [7, 11) is 2.13. The van der Waals surface area contributed by atoms with Crippen molar-refractivity contribution in [1.29, 1.82) is 0 Å². The number of nitrogen functional groups attached to an aromatic ring is 1. The van der Waals surface area contributed by atoms with Crippen molar-refractivity contribution in [2.45, 2.75) is 26.8 Å². The summed E-state index contributed by atoms with van der Waals surface area (Å²) >= 11 is 1.51. The van der Waals surface area contributed by atoms with Gasteiger partial charge in [0.2, 0.25) is 0 Å². The molecule has 2 N–H and O–H groups in total. The molecule has 0 saturated heterocycles. The molecule has 0 fully saturated rings. The Hall–Kier alpha value is -0.610. The van der Waals surface area contributed by atoms with Crippen LogP contribution in [0.25, 0.3) is 0 Å². The van der Waals surface area contributed by atoms with Crippen molar-refractivity contribution in [1.82, 2.24) is 9.88 Å². The second-order valence-corrected chi connectivity index (χ2v) is 4.78. The van der Waals surface area contributed by atoms with Crippen molar-refractivity contribution < 1.29 is 0 Å². The molecule has 1 aromatic rings. The zero-order valence-electron chi connectivity index (χ0n) is 9.16. The Kier molecular flexibility index (Phi) is 4.35. The minimum absolute atomic E-state index is 0.664. The molecule has 0 aliphatic rings. The molecule has 1 heterocycles. The summed E-state index contributed by atoms with van der Waals surface area (Å²) in [6.07, 6.45) is 1.23. The van der Waals surface area contributed by atoms with E-state index < -0.39 is 0 Å². The van der Waals surface area contributed by atoms with Crippen molar-refractivity contribution in [2.24, 2.45) is 5.92 Å². The van der Waals surface area contributed by atoms with E-state index in [1.54, 1.807) is 0 Å². The van der Waals surface area contributed by atoms with Crippen LogP contribution in [0.5, 0.6) is 0 Å². The molecule has 1 atom stereocenters. The van der Waals surface area contributed by atoms with Crippen molar-refractivity contribution in [3.63, 3.8) is 0 Å². The topological polar surface area (TPSA) is 42.1 Å². The molecule has 0 aromatic carbocycles. The quantitative estimate of drug-likeness (QED) is 0.815. The first-order valence-electron chi connectivity index (χ1n) is 5.00. The number of nitrogens with two attached hydrogens (primary N) is 1. The Bertz CT molecular complexity index is 272. The molecule has 4 heteroatoms. The average Bonchev–Trinajstić information content (AvgIpc) is 2.50. The van der Waals surface area contributed by atoms with Gasteiger partial charge in [-0.15, -0.1) is 11.3 Å². The van der Waals surface area contributed by atoms with Crippen LogP contribution >= 0.6 is 11.3 Å². The van der Waals surface area contributed by atoms with Crippen molar-refractivity contribution in [3.8, 4) is 0 Å². The van der Waals surface area contributed by atoms with Gasteiger partial charge in [0.15, 0.2) is 5.13 Å². The van der Waals surface area contributed by atoms with Crippen LogP contribution in [0.1, 0.15) is 26.0 Å². The van der Waals surface area contributed by atoms with Gasteiger partial charge in [0, 0.05) is 18.5 Å². The summed E-state index contributed by atoms with van der Waals surface area (Å²) in [5.41, 5.74) is 6.65. The van der Waals surface area contributed by atoms with E-state index in [2.05, 4.69) is 30.8 Å². The van der Waals surface area contributed by atoms with Gasteiger partial charge in [-0.2, -0.15) is 0 Å². The monoisotopic (exact) mass is 213 g/mol. The van der Waals surface area contributed by atoms with E-state index in [-0.39, 0.29) is 0 Å². The zero-order valence-corrected chi connectivity index (χ0v) is 9.97. The summed E-state index contributed by atoms with van der Waals surface area (Å²) in [6, 6.07) is 0. The summed E-state index contributed by atoms with van der Waals surface area (Å²) in [6.45, 7) is 6.51. The molecular weight excluding hydrogens is 194 g/mol. The number of nitrogens with zero attached hydrogens (tertiary/aromatic N) is 2. The van der Waals surface area contributed by atoms with E-state index >= 15 is 0 Å².